The maximum atomic E-state index is 12.3. The zero-order chi connectivity index (χ0) is 35.7. The van der Waals surface area contributed by atoms with Crippen LogP contribution in [0.1, 0.15) is 72.8 Å². The van der Waals surface area contributed by atoms with E-state index in [-0.39, 0.29) is 5.96 Å². The summed E-state index contributed by atoms with van der Waals surface area (Å²) in [6, 6.07) is 7.75. The first-order valence-corrected chi connectivity index (χ1v) is 16.1. The molecule has 0 aliphatic heterocycles. The summed E-state index contributed by atoms with van der Waals surface area (Å²) in [4.78, 5) is 28.9. The number of allylic oxidation sites excluding steroid dienone is 3. The molecule has 0 atom stereocenters. The third kappa shape index (κ3) is 23.7. The van der Waals surface area contributed by atoms with Gasteiger partial charge in [0, 0.05) is 6.54 Å². The average molecular weight is 666 g/mol. The van der Waals surface area contributed by atoms with Gasteiger partial charge >= 0.3 is 127 Å². The number of nitrogens with one attached hydrogen (secondary N) is 3. The number of guanidine groups is 1. The van der Waals surface area contributed by atoms with E-state index in [1.165, 1.54) is 7.12 Å². The Kier molecular flexibility index (Phi) is 20.5. The molecule has 13 heteroatoms. The number of ether oxygens (including phenoxy) is 4. The second-order valence-electron chi connectivity index (χ2n) is 12.5. The Bertz CT molecular complexity index is 1240. The first-order chi connectivity index (χ1) is 22.8. The molecule has 0 aromatic heterocycles. The Balaban J connectivity index is 2.37. The third-order valence-electron chi connectivity index (χ3n) is 5.78. The van der Waals surface area contributed by atoms with Gasteiger partial charge in [0.05, 0.1) is 6.61 Å². The predicted molar refractivity (Wildman–Crippen MR) is 190 cm³/mol. The molecule has 0 spiro atoms. The van der Waals surface area contributed by atoms with Crippen LogP contribution in [0.15, 0.2) is 65.7 Å². The number of hydrogen-bond donors (Lipinski definition) is 3. The summed E-state index contributed by atoms with van der Waals surface area (Å²) < 4.78 is 26.6. The molecular weight excluding hydrogens is 613 g/mol. The number of hydrogen-bond acceptors (Lipinski definition) is 10. The Hall–Kier alpha value is -4.57. The molecule has 0 bridgehead atoms. The van der Waals surface area contributed by atoms with Crippen LogP contribution in [-0.2, 0) is 25.3 Å². The van der Waals surface area contributed by atoms with Gasteiger partial charge in [-0.25, -0.2) is 9.59 Å². The van der Waals surface area contributed by atoms with Crippen molar-refractivity contribution >= 4 is 31.4 Å². The molecule has 0 saturated heterocycles. The van der Waals surface area contributed by atoms with Crippen molar-refractivity contribution in [3.63, 3.8) is 0 Å². The number of carbonyl (C=O) groups is 2. The summed E-state index contributed by atoms with van der Waals surface area (Å²) in [5.74, 6) is 0.737. The first kappa shape index (κ1) is 41.5. The fraction of sp³-hybridized carbons (Fsp3) is 0.514. The normalized spacial score (nSPS) is 11.6. The van der Waals surface area contributed by atoms with Crippen LogP contribution in [0.2, 0.25) is 0 Å². The molecule has 48 heavy (non-hydrogen) atoms. The Morgan fingerprint density at radius 3 is 2.23 bits per heavy atom. The summed E-state index contributed by atoms with van der Waals surface area (Å²) in [5, 5.41) is 16.3. The molecule has 0 unspecified atom stereocenters. The standard InChI is InChI=1S/C35H52BN5O7/c1-8-13-28(19-21-38-26-36-46-27-37)14-12-24-44-23-10-9-11-25-45-30-17-15-29(16-18-30)20-22-39-31(40-32(42)47-34(2,3)4)41-33(43)48-35(5,6)7/h8,12-18,26,38H,1,9-11,19-25H2,2-7H3,(H2,39,40,41,42,43)/b14-12-,28-13+. The molecule has 0 saturated carbocycles. The number of nitrogens with zero attached hydrogens (tertiary/aromatic N) is 2. The van der Waals surface area contributed by atoms with E-state index >= 15 is 0 Å². The van der Waals surface area contributed by atoms with Crippen molar-refractivity contribution in [3.8, 4) is 12.0 Å². The topological polar surface area (TPSA) is 153 Å². The number of amides is 2. The van der Waals surface area contributed by atoms with Crippen LogP contribution in [-0.4, -0.2) is 75.5 Å². The SMILES string of the molecule is C=C/C=C(\C=C/COCCCCCOc1ccc(CCN=C(NC(=O)OC(C)(C)C)NC(=O)OC(C)(C)C)cc1)CCNC=BOC#N. The summed E-state index contributed by atoms with van der Waals surface area (Å²) in [6.07, 6.45) is 13.6. The van der Waals surface area contributed by atoms with Crippen molar-refractivity contribution < 1.29 is 33.2 Å². The van der Waals surface area contributed by atoms with Gasteiger partial charge in [-0.05, 0) is 72.1 Å². The summed E-state index contributed by atoms with van der Waals surface area (Å²) in [5.41, 5.74) is 0.723. The fourth-order valence-corrected chi connectivity index (χ4v) is 3.77. The van der Waals surface area contributed by atoms with Crippen molar-refractivity contribution in [1.82, 2.24) is 16.0 Å². The molecule has 3 N–H and O–H groups in total. The molecule has 0 heterocycles. The van der Waals surface area contributed by atoms with E-state index in [4.69, 9.17) is 24.2 Å². The third-order valence-corrected chi connectivity index (χ3v) is 5.78. The first-order valence-electron chi connectivity index (χ1n) is 16.1. The van der Waals surface area contributed by atoms with Gasteiger partial charge in [-0.15, -0.1) is 0 Å². The van der Waals surface area contributed by atoms with E-state index < -0.39 is 23.4 Å². The van der Waals surface area contributed by atoms with Crippen LogP contribution < -0.4 is 20.7 Å². The Morgan fingerprint density at radius 1 is 0.979 bits per heavy atom. The molecule has 0 radical (unpaired) electrons. The van der Waals surface area contributed by atoms with Gasteiger partial charge in [0.15, 0.2) is 0 Å². The molecule has 1 aromatic rings. The van der Waals surface area contributed by atoms with E-state index in [1.54, 1.807) is 60.0 Å². The monoisotopic (exact) mass is 665 g/mol. The molecule has 0 aliphatic rings. The Morgan fingerprint density at radius 2 is 1.62 bits per heavy atom. The van der Waals surface area contributed by atoms with Gasteiger partial charge < -0.3 is 14.2 Å². The molecular formula is C35H52BN5O7. The second-order valence-corrected chi connectivity index (χ2v) is 12.5. The molecule has 262 valence electrons. The van der Waals surface area contributed by atoms with Gasteiger partial charge in [-0.1, -0.05) is 12.1 Å². The number of unbranched alkanes of at least 4 members (excludes halogenated alkanes) is 2. The van der Waals surface area contributed by atoms with Gasteiger partial charge in [0.25, 0.3) is 0 Å². The second kappa shape index (κ2) is 23.7. The van der Waals surface area contributed by atoms with Crippen LogP contribution in [0, 0.1) is 11.5 Å². The minimum atomic E-state index is -0.731. The molecule has 12 nitrogen and oxygen atoms in total. The molecule has 1 rings (SSSR count). The number of rotatable bonds is 19. The molecule has 0 aliphatic carbocycles. The summed E-state index contributed by atoms with van der Waals surface area (Å²) in [6.45, 7) is 17.1. The molecule has 2 amide bonds. The number of nitriles is 1. The quantitative estimate of drug-likeness (QED) is 0.0420. The van der Waals surface area contributed by atoms with Crippen LogP contribution >= 0.6 is 0 Å². The van der Waals surface area contributed by atoms with Crippen LogP contribution in [0.4, 0.5) is 9.59 Å². The number of benzene rings is 1. The predicted octanol–water partition coefficient (Wildman–Crippen LogP) is 5.73. The van der Waals surface area contributed by atoms with E-state index in [0.29, 0.717) is 39.3 Å². The van der Waals surface area contributed by atoms with Gasteiger partial charge in [0.1, 0.15) is 17.0 Å². The van der Waals surface area contributed by atoms with Gasteiger partial charge in [0.2, 0.25) is 5.96 Å². The van der Waals surface area contributed by atoms with E-state index in [2.05, 4.69) is 32.2 Å². The van der Waals surface area contributed by atoms with Crippen molar-refractivity contribution in [3.05, 3.63) is 66.3 Å². The van der Waals surface area contributed by atoms with Crippen LogP contribution in [0.25, 0.3) is 0 Å². The number of carbonyl (C=O) groups excluding carboxylic acids is 2. The zero-order valence-electron chi connectivity index (χ0n) is 29.3. The van der Waals surface area contributed by atoms with Crippen LogP contribution in [0.3, 0.4) is 0 Å². The van der Waals surface area contributed by atoms with Gasteiger partial charge in [-0.2, -0.15) is 0 Å². The van der Waals surface area contributed by atoms with Crippen molar-refractivity contribution in [2.24, 2.45) is 4.99 Å². The molecule has 0 fully saturated rings. The average Bonchev–Trinajstić information content (AvgIpc) is 2.98. The van der Waals surface area contributed by atoms with Crippen molar-refractivity contribution in [1.29, 1.82) is 5.26 Å². The van der Waals surface area contributed by atoms with Crippen molar-refractivity contribution in [2.75, 3.05) is 32.9 Å². The van der Waals surface area contributed by atoms with E-state index in [0.717, 1.165) is 42.6 Å². The summed E-state index contributed by atoms with van der Waals surface area (Å²) in [7, 11) is 1.30. The maximum absolute atomic E-state index is 12.3. The number of aliphatic imine (C=N–C) groups is 1. The van der Waals surface area contributed by atoms with Crippen molar-refractivity contribution in [2.45, 2.75) is 84.8 Å². The fourth-order valence-electron chi connectivity index (χ4n) is 3.77. The Labute approximate surface area is 286 Å². The van der Waals surface area contributed by atoms with E-state index in [1.807, 2.05) is 42.5 Å². The molecule has 1 aromatic carbocycles. The number of alkyl carbamates (subject to hydrolysis) is 2. The van der Waals surface area contributed by atoms with Crippen LogP contribution in [0.5, 0.6) is 5.75 Å². The minimum absolute atomic E-state index is 0.0474. The summed E-state index contributed by atoms with van der Waals surface area (Å²) >= 11 is 0. The van der Waals surface area contributed by atoms with Gasteiger partial charge in [-0.3, -0.25) is 15.6 Å². The zero-order valence-corrected chi connectivity index (χ0v) is 29.3. The van der Waals surface area contributed by atoms with E-state index in [9.17, 15) is 9.59 Å².